The van der Waals surface area contributed by atoms with Gasteiger partial charge in [-0.3, -0.25) is 4.79 Å². The standard InChI is InChI=1S/C13H18N2O2/c1-9(2)12(8-14)13(16)15-7-6-11-5-4-10(3)17-11/h4-5,9,12H,6-7H2,1-3H3,(H,15,16). The van der Waals surface area contributed by atoms with E-state index in [1.165, 1.54) is 0 Å². The van der Waals surface area contributed by atoms with Crippen molar-refractivity contribution in [2.24, 2.45) is 11.8 Å². The summed E-state index contributed by atoms with van der Waals surface area (Å²) in [6.07, 6.45) is 0.649. The number of carbonyl (C=O) groups is 1. The van der Waals surface area contributed by atoms with E-state index in [0.717, 1.165) is 11.5 Å². The van der Waals surface area contributed by atoms with Crippen LogP contribution in [0.15, 0.2) is 16.5 Å². The van der Waals surface area contributed by atoms with Crippen LogP contribution in [0.1, 0.15) is 25.4 Å². The third kappa shape index (κ3) is 3.95. The first kappa shape index (κ1) is 13.3. The second-order valence-electron chi connectivity index (χ2n) is 4.40. The molecular weight excluding hydrogens is 216 g/mol. The van der Waals surface area contributed by atoms with Gasteiger partial charge in [0.05, 0.1) is 6.07 Å². The number of hydrogen-bond donors (Lipinski definition) is 1. The third-order valence-corrected chi connectivity index (χ3v) is 2.55. The van der Waals surface area contributed by atoms with Crippen molar-refractivity contribution >= 4 is 5.91 Å². The van der Waals surface area contributed by atoms with Crippen LogP contribution in [0.3, 0.4) is 0 Å². The Morgan fingerprint density at radius 1 is 1.53 bits per heavy atom. The number of amides is 1. The molecule has 0 spiro atoms. The lowest BCUT2D eigenvalue weighted by Crippen LogP contribution is -2.33. The Morgan fingerprint density at radius 2 is 2.24 bits per heavy atom. The SMILES string of the molecule is Cc1ccc(CCNC(=O)C(C#N)C(C)C)o1. The highest BCUT2D eigenvalue weighted by atomic mass is 16.3. The molecule has 0 aliphatic heterocycles. The van der Waals surface area contributed by atoms with Crippen LogP contribution in [-0.4, -0.2) is 12.5 Å². The first-order valence-electron chi connectivity index (χ1n) is 5.77. The zero-order chi connectivity index (χ0) is 12.8. The van der Waals surface area contributed by atoms with Gasteiger partial charge in [-0.05, 0) is 25.0 Å². The third-order valence-electron chi connectivity index (χ3n) is 2.55. The maximum Gasteiger partial charge on any atom is 0.237 e. The molecule has 0 saturated heterocycles. The van der Waals surface area contributed by atoms with E-state index in [-0.39, 0.29) is 11.8 Å². The van der Waals surface area contributed by atoms with E-state index in [2.05, 4.69) is 5.32 Å². The molecule has 1 aromatic rings. The van der Waals surface area contributed by atoms with Gasteiger partial charge in [0.2, 0.25) is 5.91 Å². The van der Waals surface area contributed by atoms with E-state index in [4.69, 9.17) is 9.68 Å². The van der Waals surface area contributed by atoms with E-state index in [1.54, 1.807) is 0 Å². The maximum atomic E-state index is 11.6. The Labute approximate surface area is 102 Å². The van der Waals surface area contributed by atoms with E-state index < -0.39 is 5.92 Å². The van der Waals surface area contributed by atoms with Gasteiger partial charge >= 0.3 is 0 Å². The molecule has 0 fully saturated rings. The van der Waals surface area contributed by atoms with Crippen molar-refractivity contribution in [3.63, 3.8) is 0 Å². The van der Waals surface area contributed by atoms with Gasteiger partial charge in [-0.2, -0.15) is 5.26 Å². The average Bonchev–Trinajstić information content (AvgIpc) is 2.64. The molecule has 1 rings (SSSR count). The minimum absolute atomic E-state index is 0.0332. The first-order chi connectivity index (χ1) is 8.04. The van der Waals surface area contributed by atoms with E-state index in [0.29, 0.717) is 13.0 Å². The van der Waals surface area contributed by atoms with Crippen molar-refractivity contribution in [1.29, 1.82) is 5.26 Å². The smallest absolute Gasteiger partial charge is 0.237 e. The fraction of sp³-hybridized carbons (Fsp3) is 0.538. The lowest BCUT2D eigenvalue weighted by Gasteiger charge is -2.12. The second kappa shape index (κ2) is 6.09. The molecule has 1 N–H and O–H groups in total. The fourth-order valence-electron chi connectivity index (χ4n) is 1.55. The monoisotopic (exact) mass is 234 g/mol. The summed E-state index contributed by atoms with van der Waals surface area (Å²) in [5.41, 5.74) is 0. The zero-order valence-corrected chi connectivity index (χ0v) is 10.5. The van der Waals surface area contributed by atoms with Crippen LogP contribution in [0.5, 0.6) is 0 Å². The maximum absolute atomic E-state index is 11.6. The second-order valence-corrected chi connectivity index (χ2v) is 4.40. The van der Waals surface area contributed by atoms with Gasteiger partial charge in [0.15, 0.2) is 0 Å². The molecule has 0 aliphatic carbocycles. The Bertz CT molecular complexity index is 415. The molecule has 4 heteroatoms. The molecule has 17 heavy (non-hydrogen) atoms. The van der Waals surface area contributed by atoms with Crippen molar-refractivity contribution in [3.8, 4) is 6.07 Å². The Kier molecular flexibility index (Phi) is 4.77. The van der Waals surface area contributed by atoms with Crippen molar-refractivity contribution in [3.05, 3.63) is 23.7 Å². The Hall–Kier alpha value is -1.76. The van der Waals surface area contributed by atoms with Gasteiger partial charge in [-0.1, -0.05) is 13.8 Å². The molecule has 4 nitrogen and oxygen atoms in total. The fourth-order valence-corrected chi connectivity index (χ4v) is 1.55. The molecule has 1 amide bonds. The molecule has 0 aromatic carbocycles. The normalized spacial score (nSPS) is 12.2. The molecule has 0 aliphatic rings. The largest absolute Gasteiger partial charge is 0.466 e. The lowest BCUT2D eigenvalue weighted by molar-refractivity contribution is -0.124. The summed E-state index contributed by atoms with van der Waals surface area (Å²) >= 11 is 0. The minimum Gasteiger partial charge on any atom is -0.466 e. The van der Waals surface area contributed by atoms with Gasteiger partial charge in [0, 0.05) is 13.0 Å². The predicted molar refractivity (Wildman–Crippen MR) is 64.1 cm³/mol. The summed E-state index contributed by atoms with van der Waals surface area (Å²) in [5, 5.41) is 11.6. The van der Waals surface area contributed by atoms with Crippen molar-refractivity contribution in [2.45, 2.75) is 27.2 Å². The van der Waals surface area contributed by atoms with E-state index >= 15 is 0 Å². The summed E-state index contributed by atoms with van der Waals surface area (Å²) in [6, 6.07) is 5.81. The molecule has 1 unspecified atom stereocenters. The molecule has 0 bridgehead atoms. The number of aryl methyl sites for hydroxylation is 1. The van der Waals surface area contributed by atoms with Crippen LogP contribution < -0.4 is 5.32 Å². The summed E-state index contributed by atoms with van der Waals surface area (Å²) in [4.78, 5) is 11.6. The van der Waals surface area contributed by atoms with Gasteiger partial charge in [0.1, 0.15) is 17.4 Å². The molecule has 92 valence electrons. The molecule has 0 radical (unpaired) electrons. The number of hydrogen-bond acceptors (Lipinski definition) is 3. The van der Waals surface area contributed by atoms with Crippen molar-refractivity contribution in [1.82, 2.24) is 5.32 Å². The minimum atomic E-state index is -0.576. The van der Waals surface area contributed by atoms with Crippen LogP contribution in [0.25, 0.3) is 0 Å². The van der Waals surface area contributed by atoms with Gasteiger partial charge in [0.25, 0.3) is 0 Å². The van der Waals surface area contributed by atoms with Crippen LogP contribution in [0.4, 0.5) is 0 Å². The van der Waals surface area contributed by atoms with Crippen LogP contribution in [0, 0.1) is 30.1 Å². The molecule has 1 atom stereocenters. The topological polar surface area (TPSA) is 66.0 Å². The quantitative estimate of drug-likeness (QED) is 0.847. The highest BCUT2D eigenvalue weighted by Gasteiger charge is 2.20. The Balaban J connectivity index is 2.36. The number of carbonyl (C=O) groups excluding carboxylic acids is 1. The highest BCUT2D eigenvalue weighted by Crippen LogP contribution is 2.10. The number of nitrogens with zero attached hydrogens (tertiary/aromatic N) is 1. The van der Waals surface area contributed by atoms with Crippen LogP contribution >= 0.6 is 0 Å². The van der Waals surface area contributed by atoms with Gasteiger partial charge in [-0.25, -0.2) is 0 Å². The predicted octanol–water partition coefficient (Wildman–Crippen LogP) is 2.04. The average molecular weight is 234 g/mol. The van der Waals surface area contributed by atoms with E-state index in [9.17, 15) is 4.79 Å². The first-order valence-corrected chi connectivity index (χ1v) is 5.77. The molecule has 1 aromatic heterocycles. The lowest BCUT2D eigenvalue weighted by atomic mass is 9.97. The number of nitrogens with one attached hydrogen (secondary N) is 1. The summed E-state index contributed by atoms with van der Waals surface area (Å²) < 4.78 is 5.38. The molecule has 0 saturated carbocycles. The Morgan fingerprint density at radius 3 is 2.71 bits per heavy atom. The van der Waals surface area contributed by atoms with Crippen LogP contribution in [0.2, 0.25) is 0 Å². The van der Waals surface area contributed by atoms with Gasteiger partial charge < -0.3 is 9.73 Å². The van der Waals surface area contributed by atoms with Gasteiger partial charge in [-0.15, -0.1) is 0 Å². The zero-order valence-electron chi connectivity index (χ0n) is 10.5. The van der Waals surface area contributed by atoms with Crippen LogP contribution in [-0.2, 0) is 11.2 Å². The summed E-state index contributed by atoms with van der Waals surface area (Å²) in [5.74, 6) is 0.967. The summed E-state index contributed by atoms with van der Waals surface area (Å²) in [6.45, 7) is 6.11. The van der Waals surface area contributed by atoms with Crippen molar-refractivity contribution < 1.29 is 9.21 Å². The van der Waals surface area contributed by atoms with E-state index in [1.807, 2.05) is 39.0 Å². The van der Waals surface area contributed by atoms with Crippen molar-refractivity contribution in [2.75, 3.05) is 6.54 Å². The number of furan rings is 1. The molecular formula is C13H18N2O2. The molecule has 1 heterocycles. The summed E-state index contributed by atoms with van der Waals surface area (Å²) in [7, 11) is 0. The number of nitriles is 1. The highest BCUT2D eigenvalue weighted by molar-refractivity contribution is 5.81. The number of rotatable bonds is 5.